The molecule has 0 saturated carbocycles. The first-order chi connectivity index (χ1) is 9.90. The summed E-state index contributed by atoms with van der Waals surface area (Å²) in [4.78, 5) is 0. The van der Waals surface area contributed by atoms with E-state index in [1.165, 1.54) is 0 Å². The van der Waals surface area contributed by atoms with Crippen LogP contribution in [0.3, 0.4) is 0 Å². The fraction of sp³-hybridized carbons (Fsp3) is 0.588. The van der Waals surface area contributed by atoms with Crippen LogP contribution in [0.5, 0.6) is 5.75 Å². The van der Waals surface area contributed by atoms with Gasteiger partial charge in [0.15, 0.2) is 0 Å². The minimum absolute atomic E-state index is 0.0285. The number of hydrogen-bond donors (Lipinski definition) is 0. The monoisotopic (exact) mass is 305 g/mol. The van der Waals surface area contributed by atoms with Crippen molar-refractivity contribution in [2.45, 2.75) is 57.3 Å². The second-order valence-electron chi connectivity index (χ2n) is 6.67. The number of benzene rings is 1. The third-order valence-electron chi connectivity index (χ3n) is 5.10. The van der Waals surface area contributed by atoms with Crippen LogP contribution in [0.2, 0.25) is 5.02 Å². The third-order valence-corrected chi connectivity index (χ3v) is 5.42. The molecule has 2 fully saturated rings. The summed E-state index contributed by atoms with van der Waals surface area (Å²) in [7, 11) is 0. The van der Waals surface area contributed by atoms with Gasteiger partial charge in [0.05, 0.1) is 10.6 Å². The van der Waals surface area contributed by atoms with Gasteiger partial charge in [0.1, 0.15) is 29.1 Å². The minimum atomic E-state index is -0.265. The number of nitrogens with zero attached hydrogens (tertiary/aromatic N) is 1. The lowest BCUT2D eigenvalue weighted by molar-refractivity contribution is -0.0769. The SMILES string of the molecule is CC(C)[C@@]12CC[C@](C)(O1)[C@H](Oc1cccc(Cl)c1C#N)C2. The second-order valence-corrected chi connectivity index (χ2v) is 7.08. The zero-order valence-corrected chi connectivity index (χ0v) is 13.4. The number of fused-ring (bicyclic) bond motifs is 2. The van der Waals surface area contributed by atoms with E-state index in [1.807, 2.05) is 12.1 Å². The van der Waals surface area contributed by atoms with Gasteiger partial charge in [-0.1, -0.05) is 31.5 Å². The summed E-state index contributed by atoms with van der Waals surface area (Å²) in [5.74, 6) is 1.02. The molecule has 112 valence electrons. The molecule has 3 atom stereocenters. The molecule has 0 aliphatic carbocycles. The highest BCUT2D eigenvalue weighted by Gasteiger charge is 2.61. The molecular formula is C17H20ClNO2. The summed E-state index contributed by atoms with van der Waals surface area (Å²) < 4.78 is 12.5. The molecule has 21 heavy (non-hydrogen) atoms. The Bertz CT molecular complexity index is 609. The summed E-state index contributed by atoms with van der Waals surface area (Å²) in [5, 5.41) is 9.70. The normalized spacial score (nSPS) is 34.2. The average molecular weight is 306 g/mol. The fourth-order valence-corrected chi connectivity index (χ4v) is 3.81. The van der Waals surface area contributed by atoms with Crippen LogP contribution in [-0.4, -0.2) is 17.3 Å². The molecule has 2 saturated heterocycles. The zero-order chi connectivity index (χ0) is 15.3. The van der Waals surface area contributed by atoms with Crippen molar-refractivity contribution in [3.05, 3.63) is 28.8 Å². The lowest BCUT2D eigenvalue weighted by Gasteiger charge is -2.32. The van der Waals surface area contributed by atoms with Crippen molar-refractivity contribution >= 4 is 11.6 Å². The highest BCUT2D eigenvalue weighted by atomic mass is 35.5. The zero-order valence-electron chi connectivity index (χ0n) is 12.6. The molecule has 1 aromatic rings. The van der Waals surface area contributed by atoms with Gasteiger partial charge in [0.2, 0.25) is 0 Å². The standard InChI is InChI=1S/C17H20ClNO2/c1-11(2)17-8-7-16(3,21-17)15(9-17)20-14-6-4-5-13(18)12(14)10-19/h4-6,11,15H,7-9H2,1-3H3/t15-,16+,17+/m1/s1. The Morgan fingerprint density at radius 1 is 1.43 bits per heavy atom. The number of nitriles is 1. The first-order valence-electron chi connectivity index (χ1n) is 7.46. The maximum atomic E-state index is 9.26. The number of rotatable bonds is 3. The molecule has 0 unspecified atom stereocenters. The highest BCUT2D eigenvalue weighted by molar-refractivity contribution is 6.31. The van der Waals surface area contributed by atoms with E-state index in [4.69, 9.17) is 21.1 Å². The van der Waals surface area contributed by atoms with Crippen molar-refractivity contribution in [1.29, 1.82) is 5.26 Å². The van der Waals surface area contributed by atoms with Crippen LogP contribution >= 0.6 is 11.6 Å². The van der Waals surface area contributed by atoms with Crippen LogP contribution < -0.4 is 4.74 Å². The Hall–Kier alpha value is -1.24. The maximum absolute atomic E-state index is 9.26. The minimum Gasteiger partial charge on any atom is -0.486 e. The largest absolute Gasteiger partial charge is 0.486 e. The summed E-state index contributed by atoms with van der Waals surface area (Å²) in [5.41, 5.74) is 0.0635. The quantitative estimate of drug-likeness (QED) is 0.835. The summed E-state index contributed by atoms with van der Waals surface area (Å²) in [6.45, 7) is 6.52. The van der Waals surface area contributed by atoms with E-state index < -0.39 is 0 Å². The predicted octanol–water partition coefficient (Wildman–Crippen LogP) is 4.33. The lowest BCUT2D eigenvalue weighted by atomic mass is 9.75. The molecule has 2 aliphatic rings. The molecule has 3 nitrogen and oxygen atoms in total. The molecule has 0 aromatic heterocycles. The van der Waals surface area contributed by atoms with E-state index in [-0.39, 0.29) is 17.3 Å². The van der Waals surface area contributed by atoms with E-state index in [1.54, 1.807) is 6.07 Å². The van der Waals surface area contributed by atoms with E-state index in [0.717, 1.165) is 19.3 Å². The van der Waals surface area contributed by atoms with Crippen molar-refractivity contribution in [3.63, 3.8) is 0 Å². The molecule has 4 heteroatoms. The van der Waals surface area contributed by atoms with Gasteiger partial charge >= 0.3 is 0 Å². The van der Waals surface area contributed by atoms with Crippen LogP contribution in [0.25, 0.3) is 0 Å². The predicted molar refractivity (Wildman–Crippen MR) is 81.5 cm³/mol. The van der Waals surface area contributed by atoms with Crippen molar-refractivity contribution < 1.29 is 9.47 Å². The molecule has 3 rings (SSSR count). The lowest BCUT2D eigenvalue weighted by Crippen LogP contribution is -2.40. The van der Waals surface area contributed by atoms with E-state index in [2.05, 4.69) is 26.8 Å². The van der Waals surface area contributed by atoms with Crippen LogP contribution in [0.15, 0.2) is 18.2 Å². The van der Waals surface area contributed by atoms with Crippen LogP contribution in [0, 0.1) is 17.2 Å². The molecule has 0 amide bonds. The Labute approximate surface area is 130 Å². The first kappa shape index (κ1) is 14.7. The Morgan fingerprint density at radius 3 is 2.81 bits per heavy atom. The average Bonchev–Trinajstić information content (AvgIpc) is 2.91. The van der Waals surface area contributed by atoms with Gasteiger partial charge in [0, 0.05) is 6.42 Å². The number of ether oxygens (including phenoxy) is 2. The van der Waals surface area contributed by atoms with Gasteiger partial charge in [0.25, 0.3) is 0 Å². The van der Waals surface area contributed by atoms with Crippen LogP contribution in [0.4, 0.5) is 0 Å². The molecule has 2 aliphatic heterocycles. The van der Waals surface area contributed by atoms with Crippen LogP contribution in [0.1, 0.15) is 45.6 Å². The summed E-state index contributed by atoms with van der Waals surface area (Å²) >= 11 is 6.07. The highest BCUT2D eigenvalue weighted by Crippen LogP contribution is 2.55. The molecule has 1 aromatic carbocycles. The smallest absolute Gasteiger partial charge is 0.139 e. The maximum Gasteiger partial charge on any atom is 0.139 e. The molecule has 0 N–H and O–H groups in total. The summed E-state index contributed by atoms with van der Waals surface area (Å²) in [6.07, 6.45) is 2.93. The van der Waals surface area contributed by atoms with Gasteiger partial charge < -0.3 is 9.47 Å². The Kier molecular flexibility index (Phi) is 3.43. The second kappa shape index (κ2) is 4.90. The number of halogens is 1. The van der Waals surface area contributed by atoms with Crippen molar-refractivity contribution in [1.82, 2.24) is 0 Å². The molecule has 2 bridgehead atoms. The molecule has 2 heterocycles. The van der Waals surface area contributed by atoms with Gasteiger partial charge in [-0.2, -0.15) is 5.26 Å². The molecular weight excluding hydrogens is 286 g/mol. The van der Waals surface area contributed by atoms with Gasteiger partial charge in [-0.25, -0.2) is 0 Å². The first-order valence-corrected chi connectivity index (χ1v) is 7.83. The Morgan fingerprint density at radius 2 is 2.19 bits per heavy atom. The van der Waals surface area contributed by atoms with E-state index in [9.17, 15) is 5.26 Å². The van der Waals surface area contributed by atoms with Gasteiger partial charge in [-0.3, -0.25) is 0 Å². The molecule has 0 radical (unpaired) electrons. The number of hydrogen-bond acceptors (Lipinski definition) is 3. The van der Waals surface area contributed by atoms with E-state index in [0.29, 0.717) is 22.3 Å². The van der Waals surface area contributed by atoms with Crippen molar-refractivity contribution in [2.75, 3.05) is 0 Å². The van der Waals surface area contributed by atoms with Crippen molar-refractivity contribution in [2.24, 2.45) is 5.92 Å². The summed E-state index contributed by atoms with van der Waals surface area (Å²) in [6, 6.07) is 7.46. The van der Waals surface area contributed by atoms with Crippen LogP contribution in [-0.2, 0) is 4.74 Å². The third kappa shape index (κ3) is 2.22. The van der Waals surface area contributed by atoms with Gasteiger partial charge in [-0.05, 0) is 37.8 Å². The molecule has 0 spiro atoms. The fourth-order valence-electron chi connectivity index (χ4n) is 3.60. The topological polar surface area (TPSA) is 42.2 Å². The Balaban J connectivity index is 1.88. The van der Waals surface area contributed by atoms with Crippen molar-refractivity contribution in [3.8, 4) is 11.8 Å². The van der Waals surface area contributed by atoms with Gasteiger partial charge in [-0.15, -0.1) is 0 Å². The van der Waals surface area contributed by atoms with E-state index >= 15 is 0 Å².